The van der Waals surface area contributed by atoms with Crippen molar-refractivity contribution in [3.63, 3.8) is 0 Å². The van der Waals surface area contributed by atoms with Crippen molar-refractivity contribution in [3.05, 3.63) is 12.2 Å². The molecule has 0 saturated carbocycles. The summed E-state index contributed by atoms with van der Waals surface area (Å²) in [6.07, 6.45) is 0.287. The lowest BCUT2D eigenvalue weighted by atomic mass is 10.2. The summed E-state index contributed by atoms with van der Waals surface area (Å²) in [7, 11) is 0. The molecular formula is C7H12O3. The monoisotopic (exact) mass is 144 g/mol. The van der Waals surface area contributed by atoms with Gasteiger partial charge in [0, 0.05) is 6.42 Å². The molecule has 0 bridgehead atoms. The lowest BCUT2D eigenvalue weighted by Gasteiger charge is -2.00. The van der Waals surface area contributed by atoms with Crippen LogP contribution in [-0.4, -0.2) is 17.9 Å². The van der Waals surface area contributed by atoms with Gasteiger partial charge >= 0.3 is 6.16 Å². The summed E-state index contributed by atoms with van der Waals surface area (Å²) in [6, 6.07) is 0. The van der Waals surface area contributed by atoms with Crippen LogP contribution >= 0.6 is 0 Å². The SMILES string of the molecule is C=C(CC)CCOC(=O)O. The number of ether oxygens (including phenoxy) is 1. The van der Waals surface area contributed by atoms with Crippen LogP contribution in [0.2, 0.25) is 0 Å². The lowest BCUT2D eigenvalue weighted by Crippen LogP contribution is -2.01. The van der Waals surface area contributed by atoms with Crippen molar-refractivity contribution >= 4 is 6.16 Å². The van der Waals surface area contributed by atoms with Crippen LogP contribution in [0.4, 0.5) is 4.79 Å². The molecule has 0 aliphatic heterocycles. The van der Waals surface area contributed by atoms with E-state index in [1.54, 1.807) is 0 Å². The first-order valence-electron chi connectivity index (χ1n) is 3.19. The fourth-order valence-electron chi connectivity index (χ4n) is 0.459. The van der Waals surface area contributed by atoms with Crippen LogP contribution in [0.1, 0.15) is 19.8 Å². The van der Waals surface area contributed by atoms with E-state index in [9.17, 15) is 4.79 Å². The summed E-state index contributed by atoms with van der Waals surface area (Å²) in [5, 5.41) is 8.05. The molecule has 0 atom stereocenters. The molecule has 1 N–H and O–H groups in total. The predicted octanol–water partition coefficient (Wildman–Crippen LogP) is 2.04. The zero-order valence-corrected chi connectivity index (χ0v) is 6.09. The molecule has 0 rings (SSSR count). The van der Waals surface area contributed by atoms with E-state index in [1.165, 1.54) is 0 Å². The Kier molecular flexibility index (Phi) is 4.37. The first-order valence-corrected chi connectivity index (χ1v) is 3.19. The Morgan fingerprint density at radius 1 is 1.70 bits per heavy atom. The standard InChI is InChI=1S/C7H12O3/c1-3-6(2)4-5-10-7(8)9/h2-5H2,1H3,(H,8,9). The zero-order valence-electron chi connectivity index (χ0n) is 6.09. The first-order chi connectivity index (χ1) is 4.66. The van der Waals surface area contributed by atoms with Crippen LogP contribution in [0.25, 0.3) is 0 Å². The van der Waals surface area contributed by atoms with E-state index in [4.69, 9.17) is 5.11 Å². The maximum absolute atomic E-state index is 9.82. The van der Waals surface area contributed by atoms with Gasteiger partial charge in [-0.05, 0) is 6.42 Å². The summed E-state index contributed by atoms with van der Waals surface area (Å²) in [5.74, 6) is 0. The Bertz CT molecular complexity index is 129. The van der Waals surface area contributed by atoms with Crippen molar-refractivity contribution in [1.82, 2.24) is 0 Å². The highest BCUT2D eigenvalue weighted by molar-refractivity contribution is 5.56. The maximum Gasteiger partial charge on any atom is 0.505 e. The minimum absolute atomic E-state index is 0.224. The Morgan fingerprint density at radius 3 is 2.70 bits per heavy atom. The third-order valence-electron chi connectivity index (χ3n) is 1.18. The smallest absolute Gasteiger partial charge is 0.450 e. The van der Waals surface area contributed by atoms with Gasteiger partial charge < -0.3 is 9.84 Å². The molecule has 3 nitrogen and oxygen atoms in total. The second-order valence-electron chi connectivity index (χ2n) is 1.97. The molecule has 0 fully saturated rings. The lowest BCUT2D eigenvalue weighted by molar-refractivity contribution is 0.0926. The van der Waals surface area contributed by atoms with Gasteiger partial charge in [0.05, 0.1) is 6.61 Å². The van der Waals surface area contributed by atoms with Crippen molar-refractivity contribution in [3.8, 4) is 0 Å². The van der Waals surface area contributed by atoms with Gasteiger partial charge in [0.25, 0.3) is 0 Å². The van der Waals surface area contributed by atoms with Gasteiger partial charge in [0.15, 0.2) is 0 Å². The van der Waals surface area contributed by atoms with Crippen molar-refractivity contribution in [2.24, 2.45) is 0 Å². The summed E-state index contributed by atoms with van der Waals surface area (Å²) in [5.41, 5.74) is 1.02. The van der Waals surface area contributed by atoms with Crippen molar-refractivity contribution in [2.75, 3.05) is 6.61 Å². The zero-order chi connectivity index (χ0) is 7.98. The third-order valence-corrected chi connectivity index (χ3v) is 1.18. The van der Waals surface area contributed by atoms with Gasteiger partial charge in [-0.1, -0.05) is 19.1 Å². The average Bonchev–Trinajstić information content (AvgIpc) is 1.87. The van der Waals surface area contributed by atoms with E-state index in [0.717, 1.165) is 12.0 Å². The molecule has 0 amide bonds. The molecule has 0 heterocycles. The quantitative estimate of drug-likeness (QED) is 0.485. The van der Waals surface area contributed by atoms with E-state index >= 15 is 0 Å². The molecule has 0 unspecified atom stereocenters. The predicted molar refractivity (Wildman–Crippen MR) is 38.0 cm³/mol. The molecule has 0 aromatic rings. The molecule has 3 heteroatoms. The molecule has 58 valence electrons. The Labute approximate surface area is 60.3 Å². The van der Waals surface area contributed by atoms with Crippen LogP contribution in [-0.2, 0) is 4.74 Å². The summed E-state index contributed by atoms with van der Waals surface area (Å²) in [6.45, 7) is 5.90. The van der Waals surface area contributed by atoms with Crippen molar-refractivity contribution < 1.29 is 14.6 Å². The molecule has 0 aromatic carbocycles. The van der Waals surface area contributed by atoms with Gasteiger partial charge in [-0.15, -0.1) is 0 Å². The van der Waals surface area contributed by atoms with Gasteiger partial charge in [-0.3, -0.25) is 0 Å². The summed E-state index contributed by atoms with van der Waals surface area (Å²) >= 11 is 0. The highest BCUT2D eigenvalue weighted by Crippen LogP contribution is 2.01. The highest BCUT2D eigenvalue weighted by atomic mass is 16.7. The molecule has 0 aromatic heterocycles. The van der Waals surface area contributed by atoms with Crippen LogP contribution in [0.3, 0.4) is 0 Å². The van der Waals surface area contributed by atoms with E-state index in [0.29, 0.717) is 6.42 Å². The fourth-order valence-corrected chi connectivity index (χ4v) is 0.459. The first kappa shape index (κ1) is 9.01. The largest absolute Gasteiger partial charge is 0.505 e. The van der Waals surface area contributed by atoms with E-state index in [2.05, 4.69) is 11.3 Å². The van der Waals surface area contributed by atoms with Gasteiger partial charge in [-0.25, -0.2) is 4.79 Å². The molecule has 0 aliphatic rings. The topological polar surface area (TPSA) is 46.5 Å². The molecule has 10 heavy (non-hydrogen) atoms. The van der Waals surface area contributed by atoms with Crippen molar-refractivity contribution in [1.29, 1.82) is 0 Å². The normalized spacial score (nSPS) is 8.90. The number of carbonyl (C=O) groups is 1. The molecular weight excluding hydrogens is 132 g/mol. The summed E-state index contributed by atoms with van der Waals surface area (Å²) in [4.78, 5) is 9.82. The number of carboxylic acid groups (broad SMARTS) is 1. The van der Waals surface area contributed by atoms with E-state index in [-0.39, 0.29) is 6.61 Å². The minimum atomic E-state index is -1.22. The van der Waals surface area contributed by atoms with Gasteiger partial charge in [0.2, 0.25) is 0 Å². The van der Waals surface area contributed by atoms with Crippen molar-refractivity contribution in [2.45, 2.75) is 19.8 Å². The third kappa shape index (κ3) is 5.15. The van der Waals surface area contributed by atoms with Gasteiger partial charge in [0.1, 0.15) is 0 Å². The molecule has 0 saturated heterocycles. The maximum atomic E-state index is 9.82. The van der Waals surface area contributed by atoms with Crippen LogP contribution in [0, 0.1) is 0 Å². The van der Waals surface area contributed by atoms with Crippen LogP contribution in [0.5, 0.6) is 0 Å². The molecule has 0 aliphatic carbocycles. The average molecular weight is 144 g/mol. The Balaban J connectivity index is 3.20. The van der Waals surface area contributed by atoms with Crippen LogP contribution in [0.15, 0.2) is 12.2 Å². The van der Waals surface area contributed by atoms with Gasteiger partial charge in [-0.2, -0.15) is 0 Å². The number of hydrogen-bond donors (Lipinski definition) is 1. The Morgan fingerprint density at radius 2 is 2.30 bits per heavy atom. The number of hydrogen-bond acceptors (Lipinski definition) is 2. The Hall–Kier alpha value is -0.990. The van der Waals surface area contributed by atoms with Crippen LogP contribution < -0.4 is 0 Å². The summed E-state index contributed by atoms with van der Waals surface area (Å²) < 4.78 is 4.27. The molecule has 0 spiro atoms. The highest BCUT2D eigenvalue weighted by Gasteiger charge is 1.95. The fraction of sp³-hybridized carbons (Fsp3) is 0.571. The minimum Gasteiger partial charge on any atom is -0.450 e. The second kappa shape index (κ2) is 4.85. The number of rotatable bonds is 4. The molecule has 0 radical (unpaired) electrons. The second-order valence-corrected chi connectivity index (χ2v) is 1.97. The van der Waals surface area contributed by atoms with E-state index in [1.807, 2.05) is 6.92 Å². The van der Waals surface area contributed by atoms with E-state index < -0.39 is 6.16 Å².